The topological polar surface area (TPSA) is 65.5 Å². The van der Waals surface area contributed by atoms with Crippen LogP contribution < -0.4 is 16.0 Å². The van der Waals surface area contributed by atoms with E-state index >= 15 is 0 Å². The van der Waals surface area contributed by atoms with Gasteiger partial charge in [-0.25, -0.2) is 0 Å². The van der Waals surface area contributed by atoms with Crippen LogP contribution in [0.4, 0.5) is 0 Å². The minimum absolute atomic E-state index is 0.0138. The molecule has 134 valence electrons. The molecular weight excluding hydrogens is 300 g/mol. The Morgan fingerprint density at radius 3 is 2.25 bits per heavy atom. The molecule has 0 heterocycles. The van der Waals surface area contributed by atoms with Gasteiger partial charge in [0.25, 0.3) is 0 Å². The number of amides is 1. The van der Waals surface area contributed by atoms with Gasteiger partial charge in [-0.05, 0) is 24.8 Å². The van der Waals surface area contributed by atoms with Gasteiger partial charge in [-0.1, -0.05) is 51.1 Å². The highest BCUT2D eigenvalue weighted by Gasteiger charge is 2.28. The van der Waals surface area contributed by atoms with Crippen molar-refractivity contribution < 1.29 is 4.79 Å². The summed E-state index contributed by atoms with van der Waals surface area (Å²) in [5, 5.41) is 9.31. The minimum Gasteiger partial charge on any atom is -0.356 e. The number of carbonyl (C=O) groups is 1. The predicted molar refractivity (Wildman–Crippen MR) is 101 cm³/mol. The summed E-state index contributed by atoms with van der Waals surface area (Å²) in [7, 11) is 1.72. The number of nitrogens with zero attached hydrogens (tertiary/aromatic N) is 1. The van der Waals surface area contributed by atoms with E-state index in [0.29, 0.717) is 12.5 Å². The zero-order valence-electron chi connectivity index (χ0n) is 15.5. The number of hydrogen-bond acceptors (Lipinski definition) is 2. The third-order valence-corrected chi connectivity index (χ3v) is 4.55. The molecule has 0 atom stereocenters. The second kappa shape index (κ2) is 10.7. The number of benzene rings is 1. The van der Waals surface area contributed by atoms with Gasteiger partial charge in [0.1, 0.15) is 0 Å². The molecule has 0 bridgehead atoms. The van der Waals surface area contributed by atoms with Gasteiger partial charge in [0.2, 0.25) is 5.91 Å². The lowest BCUT2D eigenvalue weighted by atomic mass is 9.76. The van der Waals surface area contributed by atoms with Crippen LogP contribution in [0.2, 0.25) is 0 Å². The largest absolute Gasteiger partial charge is 0.356 e. The van der Waals surface area contributed by atoms with Gasteiger partial charge in [0.15, 0.2) is 5.96 Å². The summed E-state index contributed by atoms with van der Waals surface area (Å²) in [5.41, 5.74) is 1.39. The van der Waals surface area contributed by atoms with Gasteiger partial charge in [-0.3, -0.25) is 9.79 Å². The fraction of sp³-hybridized carbons (Fsp3) is 0.579. The lowest BCUT2D eigenvalue weighted by Crippen LogP contribution is -2.47. The lowest BCUT2D eigenvalue weighted by Gasteiger charge is -2.33. The smallest absolute Gasteiger partial charge is 0.239 e. The van der Waals surface area contributed by atoms with Crippen LogP contribution in [0.1, 0.15) is 45.6 Å². The van der Waals surface area contributed by atoms with Crippen molar-refractivity contribution in [1.82, 2.24) is 16.0 Å². The summed E-state index contributed by atoms with van der Waals surface area (Å²) < 4.78 is 0. The van der Waals surface area contributed by atoms with Crippen molar-refractivity contribution in [3.8, 4) is 0 Å². The zero-order valence-corrected chi connectivity index (χ0v) is 15.5. The lowest BCUT2D eigenvalue weighted by molar-refractivity contribution is -0.120. The van der Waals surface area contributed by atoms with Crippen molar-refractivity contribution >= 4 is 11.9 Å². The molecule has 5 nitrogen and oxygen atoms in total. The Kier molecular flexibility index (Phi) is 8.90. The Morgan fingerprint density at radius 1 is 1.04 bits per heavy atom. The van der Waals surface area contributed by atoms with Crippen molar-refractivity contribution in [2.45, 2.75) is 45.4 Å². The van der Waals surface area contributed by atoms with Gasteiger partial charge < -0.3 is 16.0 Å². The minimum atomic E-state index is -0.0138. The Hall–Kier alpha value is -2.04. The van der Waals surface area contributed by atoms with Crippen LogP contribution in [0.15, 0.2) is 35.3 Å². The summed E-state index contributed by atoms with van der Waals surface area (Å²) in [6, 6.07) is 10.6. The molecule has 1 amide bonds. The molecule has 1 aromatic rings. The summed E-state index contributed by atoms with van der Waals surface area (Å²) in [5.74, 6) is 0.643. The number of nitrogens with one attached hydrogen (secondary N) is 3. The Bertz CT molecular complexity index is 509. The molecule has 24 heavy (non-hydrogen) atoms. The van der Waals surface area contributed by atoms with E-state index < -0.39 is 0 Å². The Labute approximate surface area is 146 Å². The fourth-order valence-electron chi connectivity index (χ4n) is 2.77. The number of carbonyl (C=O) groups excluding carboxylic acids is 1. The van der Waals surface area contributed by atoms with Crippen LogP contribution in [0.25, 0.3) is 0 Å². The van der Waals surface area contributed by atoms with Crippen molar-refractivity contribution in [3.63, 3.8) is 0 Å². The summed E-state index contributed by atoms with van der Waals surface area (Å²) in [6.45, 7) is 8.18. The van der Waals surface area contributed by atoms with Gasteiger partial charge >= 0.3 is 0 Å². The molecule has 3 N–H and O–H groups in total. The quantitative estimate of drug-likeness (QED) is 0.481. The maximum absolute atomic E-state index is 11.7. The predicted octanol–water partition coefficient (Wildman–Crippen LogP) is 2.44. The molecule has 0 spiro atoms. The highest BCUT2D eigenvalue weighted by molar-refractivity contribution is 5.86. The monoisotopic (exact) mass is 332 g/mol. The molecule has 0 saturated heterocycles. The SMILES string of the molecule is CCCNC(=O)CNC(=NC)NCC(CC)(CC)c1ccccc1. The van der Waals surface area contributed by atoms with E-state index in [-0.39, 0.29) is 17.9 Å². The summed E-state index contributed by atoms with van der Waals surface area (Å²) in [6.07, 6.45) is 3.01. The van der Waals surface area contributed by atoms with E-state index in [1.54, 1.807) is 7.05 Å². The van der Waals surface area contributed by atoms with Crippen molar-refractivity contribution in [2.24, 2.45) is 4.99 Å². The average molecular weight is 332 g/mol. The first-order valence-corrected chi connectivity index (χ1v) is 8.88. The third-order valence-electron chi connectivity index (χ3n) is 4.55. The molecule has 0 aliphatic heterocycles. The normalized spacial score (nSPS) is 11.9. The van der Waals surface area contributed by atoms with E-state index in [1.807, 2.05) is 13.0 Å². The highest BCUT2D eigenvalue weighted by Crippen LogP contribution is 2.30. The molecular formula is C19H32N4O. The fourth-order valence-corrected chi connectivity index (χ4v) is 2.77. The second-order valence-corrected chi connectivity index (χ2v) is 5.98. The van der Waals surface area contributed by atoms with Crippen molar-refractivity contribution in [3.05, 3.63) is 35.9 Å². The molecule has 0 radical (unpaired) electrons. The first-order valence-electron chi connectivity index (χ1n) is 8.88. The molecule has 0 aromatic heterocycles. The maximum Gasteiger partial charge on any atom is 0.239 e. The second-order valence-electron chi connectivity index (χ2n) is 5.98. The van der Waals surface area contributed by atoms with E-state index in [4.69, 9.17) is 0 Å². The maximum atomic E-state index is 11.7. The van der Waals surface area contributed by atoms with Crippen LogP contribution in [0, 0.1) is 0 Å². The Morgan fingerprint density at radius 2 is 1.71 bits per heavy atom. The third kappa shape index (κ3) is 5.87. The molecule has 1 aromatic carbocycles. The number of hydrogen-bond donors (Lipinski definition) is 3. The molecule has 0 unspecified atom stereocenters. The number of guanidine groups is 1. The van der Waals surface area contributed by atoms with E-state index in [1.165, 1.54) is 5.56 Å². The number of aliphatic imine (C=N–C) groups is 1. The van der Waals surface area contributed by atoms with Crippen LogP contribution in [0.5, 0.6) is 0 Å². The van der Waals surface area contributed by atoms with Crippen LogP contribution in [-0.4, -0.2) is 38.5 Å². The molecule has 5 heteroatoms. The summed E-state index contributed by atoms with van der Waals surface area (Å²) in [4.78, 5) is 15.9. The number of rotatable bonds is 9. The van der Waals surface area contributed by atoms with Gasteiger partial charge in [-0.15, -0.1) is 0 Å². The van der Waals surface area contributed by atoms with Gasteiger partial charge in [0.05, 0.1) is 6.54 Å². The zero-order chi connectivity index (χ0) is 17.8. The van der Waals surface area contributed by atoms with Gasteiger partial charge in [-0.2, -0.15) is 0 Å². The molecule has 0 fully saturated rings. The molecule has 0 saturated carbocycles. The van der Waals surface area contributed by atoms with Crippen molar-refractivity contribution in [2.75, 3.05) is 26.7 Å². The van der Waals surface area contributed by atoms with E-state index in [0.717, 1.165) is 25.8 Å². The average Bonchev–Trinajstić information content (AvgIpc) is 2.64. The first-order chi connectivity index (χ1) is 11.6. The highest BCUT2D eigenvalue weighted by atomic mass is 16.1. The standard InChI is InChI=1S/C19H32N4O/c1-5-13-21-17(24)14-22-18(20-4)23-15-19(6-2,7-3)16-11-9-8-10-12-16/h8-12H,5-7,13-15H2,1-4H3,(H,21,24)(H2,20,22,23). The van der Waals surface area contributed by atoms with Crippen molar-refractivity contribution in [1.29, 1.82) is 0 Å². The summed E-state index contributed by atoms with van der Waals surface area (Å²) >= 11 is 0. The molecule has 0 aliphatic carbocycles. The van der Waals surface area contributed by atoms with Gasteiger partial charge in [0, 0.05) is 25.6 Å². The van der Waals surface area contributed by atoms with Crippen LogP contribution in [0.3, 0.4) is 0 Å². The molecule has 0 aliphatic rings. The molecule has 1 rings (SSSR count). The first kappa shape index (κ1) is 20.0. The Balaban J connectivity index is 2.63. The van der Waals surface area contributed by atoms with E-state index in [2.05, 4.69) is 59.1 Å². The van der Waals surface area contributed by atoms with Crippen LogP contribution in [-0.2, 0) is 10.2 Å². The van der Waals surface area contributed by atoms with E-state index in [9.17, 15) is 4.79 Å². The van der Waals surface area contributed by atoms with Crippen LogP contribution >= 0.6 is 0 Å².